The first kappa shape index (κ1) is 11.6. The molecule has 0 bridgehead atoms. The Morgan fingerprint density at radius 2 is 2.13 bits per heavy atom. The molecule has 0 aromatic heterocycles. The van der Waals surface area contributed by atoms with E-state index in [0.717, 1.165) is 4.90 Å². The summed E-state index contributed by atoms with van der Waals surface area (Å²) in [6, 6.07) is -0.381. The molecule has 0 aliphatic carbocycles. The number of nitrogens with zero attached hydrogens (tertiary/aromatic N) is 1. The number of carbonyl (C=O) groups is 2. The van der Waals surface area contributed by atoms with Gasteiger partial charge in [-0.15, -0.1) is 6.42 Å². The van der Waals surface area contributed by atoms with Crippen molar-refractivity contribution in [2.45, 2.75) is 32.7 Å². The van der Waals surface area contributed by atoms with Gasteiger partial charge in [0, 0.05) is 0 Å². The molecule has 0 aromatic carbocycles. The van der Waals surface area contributed by atoms with Crippen LogP contribution in [0.5, 0.6) is 0 Å². The van der Waals surface area contributed by atoms with Crippen LogP contribution in [0.2, 0.25) is 0 Å². The van der Waals surface area contributed by atoms with Crippen molar-refractivity contribution in [3.63, 3.8) is 0 Å². The van der Waals surface area contributed by atoms with E-state index in [4.69, 9.17) is 6.42 Å². The maximum absolute atomic E-state index is 12.0. The summed E-state index contributed by atoms with van der Waals surface area (Å²) < 4.78 is 0. The molecule has 1 fully saturated rings. The SMILES string of the molecule is C#CCN1C(=O)N[C@](CC)(C(C)C)C1=O. The average molecular weight is 208 g/mol. The second kappa shape index (κ2) is 3.93. The van der Waals surface area contributed by atoms with Gasteiger partial charge < -0.3 is 5.32 Å². The van der Waals surface area contributed by atoms with E-state index in [1.165, 1.54) is 0 Å². The number of terminal acetylenes is 1. The average Bonchev–Trinajstić information content (AvgIpc) is 2.43. The van der Waals surface area contributed by atoms with Gasteiger partial charge in [-0.25, -0.2) is 4.79 Å². The van der Waals surface area contributed by atoms with E-state index < -0.39 is 5.54 Å². The Balaban J connectivity index is 3.03. The van der Waals surface area contributed by atoms with Crippen LogP contribution in [-0.2, 0) is 4.79 Å². The highest BCUT2D eigenvalue weighted by Crippen LogP contribution is 2.28. The van der Waals surface area contributed by atoms with E-state index in [1.807, 2.05) is 20.8 Å². The standard InChI is InChI=1S/C11H16N2O2/c1-5-7-13-9(14)11(6-2,8(3)4)12-10(13)15/h1,8H,6-7H2,2-4H3,(H,12,15)/t11-/m1/s1. The van der Waals surface area contributed by atoms with Crippen molar-refractivity contribution < 1.29 is 9.59 Å². The predicted molar refractivity (Wildman–Crippen MR) is 56.9 cm³/mol. The smallest absolute Gasteiger partial charge is 0.323 e. The summed E-state index contributed by atoms with van der Waals surface area (Å²) in [6.07, 6.45) is 5.69. The molecule has 1 aliphatic heterocycles. The number of imide groups is 1. The molecule has 0 unspecified atom stereocenters. The lowest BCUT2D eigenvalue weighted by Crippen LogP contribution is -2.51. The molecule has 0 aromatic rings. The Morgan fingerprint density at radius 3 is 2.47 bits per heavy atom. The molecule has 0 spiro atoms. The quantitative estimate of drug-likeness (QED) is 0.555. The minimum Gasteiger partial charge on any atom is -0.323 e. The third-order valence-corrected chi connectivity index (χ3v) is 2.99. The Bertz CT molecular complexity index is 330. The summed E-state index contributed by atoms with van der Waals surface area (Å²) in [5.41, 5.74) is -0.770. The summed E-state index contributed by atoms with van der Waals surface area (Å²) >= 11 is 0. The molecule has 15 heavy (non-hydrogen) atoms. The van der Waals surface area contributed by atoms with Crippen molar-refractivity contribution in [3.8, 4) is 12.3 Å². The van der Waals surface area contributed by atoms with E-state index >= 15 is 0 Å². The topological polar surface area (TPSA) is 49.4 Å². The number of amides is 3. The molecule has 1 N–H and O–H groups in total. The molecule has 0 radical (unpaired) electrons. The van der Waals surface area contributed by atoms with Gasteiger partial charge in [0.25, 0.3) is 5.91 Å². The zero-order valence-corrected chi connectivity index (χ0v) is 9.33. The lowest BCUT2D eigenvalue weighted by molar-refractivity contribution is -0.132. The second-order valence-electron chi connectivity index (χ2n) is 4.01. The normalized spacial score (nSPS) is 25.7. The zero-order chi connectivity index (χ0) is 11.6. The first-order chi connectivity index (χ1) is 6.99. The summed E-state index contributed by atoms with van der Waals surface area (Å²) in [5.74, 6) is 2.17. The molecule has 3 amide bonds. The molecule has 1 rings (SSSR count). The van der Waals surface area contributed by atoms with Gasteiger partial charge in [0.2, 0.25) is 0 Å². The van der Waals surface area contributed by atoms with Crippen LogP contribution in [0.1, 0.15) is 27.2 Å². The number of rotatable bonds is 3. The lowest BCUT2D eigenvalue weighted by atomic mass is 9.84. The number of hydrogen-bond donors (Lipinski definition) is 1. The van der Waals surface area contributed by atoms with E-state index in [0.29, 0.717) is 6.42 Å². The fourth-order valence-electron chi connectivity index (χ4n) is 1.92. The van der Waals surface area contributed by atoms with Crippen LogP contribution in [-0.4, -0.2) is 28.9 Å². The molecule has 1 saturated heterocycles. The third kappa shape index (κ3) is 1.58. The van der Waals surface area contributed by atoms with E-state index in [-0.39, 0.29) is 24.4 Å². The van der Waals surface area contributed by atoms with E-state index in [9.17, 15) is 9.59 Å². The maximum Gasteiger partial charge on any atom is 0.325 e. The summed E-state index contributed by atoms with van der Waals surface area (Å²) in [6.45, 7) is 5.76. The number of carbonyl (C=O) groups excluding carboxylic acids is 2. The van der Waals surface area contributed by atoms with Gasteiger partial charge >= 0.3 is 6.03 Å². The lowest BCUT2D eigenvalue weighted by Gasteiger charge is -2.29. The van der Waals surface area contributed by atoms with Crippen LogP contribution in [0.25, 0.3) is 0 Å². The van der Waals surface area contributed by atoms with Gasteiger partial charge in [0.05, 0.1) is 6.54 Å². The fraction of sp³-hybridized carbons (Fsp3) is 0.636. The van der Waals surface area contributed by atoms with Gasteiger partial charge in [-0.3, -0.25) is 9.69 Å². The number of nitrogens with one attached hydrogen (secondary N) is 1. The zero-order valence-electron chi connectivity index (χ0n) is 9.33. The minimum atomic E-state index is -0.770. The van der Waals surface area contributed by atoms with Crippen LogP contribution in [0.4, 0.5) is 4.79 Å². The monoisotopic (exact) mass is 208 g/mol. The molecule has 1 atom stereocenters. The first-order valence-corrected chi connectivity index (χ1v) is 5.07. The molecule has 1 heterocycles. The fourth-order valence-corrected chi connectivity index (χ4v) is 1.92. The van der Waals surface area contributed by atoms with Gasteiger partial charge in [-0.2, -0.15) is 0 Å². The molecule has 1 aliphatic rings. The van der Waals surface area contributed by atoms with Crippen molar-refractivity contribution in [2.24, 2.45) is 5.92 Å². The Hall–Kier alpha value is -1.50. The van der Waals surface area contributed by atoms with Crippen LogP contribution >= 0.6 is 0 Å². The van der Waals surface area contributed by atoms with Crippen LogP contribution < -0.4 is 5.32 Å². The van der Waals surface area contributed by atoms with Crippen molar-refractivity contribution in [1.82, 2.24) is 10.2 Å². The van der Waals surface area contributed by atoms with Gasteiger partial charge in [0.1, 0.15) is 5.54 Å². The molecule has 0 saturated carbocycles. The highest BCUT2D eigenvalue weighted by Gasteiger charge is 2.51. The largest absolute Gasteiger partial charge is 0.325 e. The molecular weight excluding hydrogens is 192 g/mol. The van der Waals surface area contributed by atoms with Crippen molar-refractivity contribution in [2.75, 3.05) is 6.54 Å². The first-order valence-electron chi connectivity index (χ1n) is 5.07. The third-order valence-electron chi connectivity index (χ3n) is 2.99. The molecule has 4 nitrogen and oxygen atoms in total. The van der Waals surface area contributed by atoms with Gasteiger partial charge in [-0.05, 0) is 12.3 Å². The van der Waals surface area contributed by atoms with Crippen LogP contribution in [0.3, 0.4) is 0 Å². The predicted octanol–water partition coefficient (Wildman–Crippen LogP) is 0.976. The highest BCUT2D eigenvalue weighted by molar-refractivity contribution is 6.07. The summed E-state index contributed by atoms with van der Waals surface area (Å²) in [4.78, 5) is 24.7. The van der Waals surface area contributed by atoms with Gasteiger partial charge in [-0.1, -0.05) is 26.7 Å². The van der Waals surface area contributed by atoms with Crippen LogP contribution in [0, 0.1) is 18.3 Å². The maximum atomic E-state index is 12.0. The number of urea groups is 1. The molecular formula is C11H16N2O2. The highest BCUT2D eigenvalue weighted by atomic mass is 16.2. The second-order valence-corrected chi connectivity index (χ2v) is 4.01. The Kier molecular flexibility index (Phi) is 3.04. The number of hydrogen-bond acceptors (Lipinski definition) is 2. The van der Waals surface area contributed by atoms with Crippen molar-refractivity contribution in [1.29, 1.82) is 0 Å². The summed E-state index contributed by atoms with van der Waals surface area (Å²) in [7, 11) is 0. The van der Waals surface area contributed by atoms with Crippen molar-refractivity contribution in [3.05, 3.63) is 0 Å². The Labute approximate surface area is 90.0 Å². The minimum absolute atomic E-state index is 0.0408. The van der Waals surface area contributed by atoms with E-state index in [1.54, 1.807) is 0 Å². The molecule has 82 valence electrons. The summed E-state index contributed by atoms with van der Waals surface area (Å²) in [5, 5.41) is 2.74. The van der Waals surface area contributed by atoms with Crippen LogP contribution in [0.15, 0.2) is 0 Å². The van der Waals surface area contributed by atoms with Gasteiger partial charge in [0.15, 0.2) is 0 Å². The van der Waals surface area contributed by atoms with Crippen molar-refractivity contribution >= 4 is 11.9 Å². The van der Waals surface area contributed by atoms with E-state index in [2.05, 4.69) is 11.2 Å². The molecule has 4 heteroatoms. The Morgan fingerprint density at radius 1 is 1.53 bits per heavy atom.